The summed E-state index contributed by atoms with van der Waals surface area (Å²) in [4.78, 5) is 38.3. The van der Waals surface area contributed by atoms with Gasteiger partial charge in [-0.25, -0.2) is 19.7 Å². The van der Waals surface area contributed by atoms with Crippen LogP contribution in [0.5, 0.6) is 5.88 Å². The van der Waals surface area contributed by atoms with Gasteiger partial charge in [0.15, 0.2) is 0 Å². The van der Waals surface area contributed by atoms with Gasteiger partial charge in [0.05, 0.1) is 23.3 Å². The minimum absolute atomic E-state index is 0.205. The van der Waals surface area contributed by atoms with E-state index in [1.54, 1.807) is 11.2 Å². The first-order chi connectivity index (χ1) is 20.2. The Hall–Kier alpha value is -4.05. The number of imidazole rings is 1. The van der Waals surface area contributed by atoms with E-state index in [0.29, 0.717) is 31.3 Å². The van der Waals surface area contributed by atoms with Crippen molar-refractivity contribution in [3.05, 3.63) is 66.0 Å². The summed E-state index contributed by atoms with van der Waals surface area (Å²) < 4.78 is 11.4. The Morgan fingerprint density at radius 3 is 2.62 bits per heavy atom. The number of H-pyrrole nitrogens is 1. The molecule has 0 bridgehead atoms. The lowest BCUT2D eigenvalue weighted by molar-refractivity contribution is 0.0110. The van der Waals surface area contributed by atoms with Crippen LogP contribution in [0.3, 0.4) is 0 Å². The van der Waals surface area contributed by atoms with Crippen molar-refractivity contribution in [2.45, 2.75) is 58.6 Å². The molecule has 6 rings (SSSR count). The standard InChI is InChI=1S/C32H39N7O3/c1-21(38-11-13-39(14-12-38)31(40)42-32(2,3)4)23-9-10-33-25(15-23)17-29-36-26-8-7-24(16-28(26)37-29)27-18-30(35-20-34-27)41-19-22-5-6-22/h7-10,15-16,18,20-22H,5-6,11-14,17,19H2,1-4H3,(H,36,37). The molecular formula is C32H39N7O3. The van der Waals surface area contributed by atoms with Crippen molar-refractivity contribution in [3.63, 3.8) is 0 Å². The van der Waals surface area contributed by atoms with Crippen LogP contribution in [0.1, 0.15) is 63.7 Å². The fourth-order valence-electron chi connectivity index (χ4n) is 5.22. The molecule has 2 aliphatic rings. The number of amides is 1. The Kier molecular flexibility index (Phi) is 7.81. The van der Waals surface area contributed by atoms with Crippen molar-refractivity contribution >= 4 is 17.1 Å². The number of nitrogens with one attached hydrogen (secondary N) is 1. The summed E-state index contributed by atoms with van der Waals surface area (Å²) in [5.41, 5.74) is 5.34. The van der Waals surface area contributed by atoms with E-state index in [1.165, 1.54) is 18.4 Å². The number of hydrogen-bond donors (Lipinski definition) is 1. The van der Waals surface area contributed by atoms with Crippen LogP contribution >= 0.6 is 0 Å². The topological polar surface area (TPSA) is 109 Å². The van der Waals surface area contributed by atoms with Gasteiger partial charge < -0.3 is 19.4 Å². The second-order valence-corrected chi connectivity index (χ2v) is 12.3. The van der Waals surface area contributed by atoms with Gasteiger partial charge in [-0.05, 0) is 76.3 Å². The normalized spacial score (nSPS) is 16.9. The Labute approximate surface area is 246 Å². The van der Waals surface area contributed by atoms with Crippen LogP contribution < -0.4 is 4.74 Å². The highest BCUT2D eigenvalue weighted by atomic mass is 16.6. The smallest absolute Gasteiger partial charge is 0.410 e. The van der Waals surface area contributed by atoms with Gasteiger partial charge in [-0.3, -0.25) is 9.88 Å². The highest BCUT2D eigenvalue weighted by molar-refractivity contribution is 5.81. The van der Waals surface area contributed by atoms with Gasteiger partial charge in [0, 0.05) is 62.2 Å². The molecule has 1 amide bonds. The number of hydrogen-bond acceptors (Lipinski definition) is 8. The average molecular weight is 570 g/mol. The molecule has 0 radical (unpaired) electrons. The molecule has 2 fully saturated rings. The average Bonchev–Trinajstić information content (AvgIpc) is 3.72. The van der Waals surface area contributed by atoms with Crippen molar-refractivity contribution < 1.29 is 14.3 Å². The van der Waals surface area contributed by atoms with Gasteiger partial charge in [-0.15, -0.1) is 0 Å². The Bertz CT molecular complexity index is 1550. The van der Waals surface area contributed by atoms with Crippen molar-refractivity contribution in [2.24, 2.45) is 5.92 Å². The van der Waals surface area contributed by atoms with Crippen LogP contribution in [0.15, 0.2) is 48.9 Å². The minimum Gasteiger partial charge on any atom is -0.477 e. The third kappa shape index (κ3) is 6.87. The molecule has 1 aliphatic heterocycles. The lowest BCUT2D eigenvalue weighted by Crippen LogP contribution is -2.50. The number of aromatic nitrogens is 5. The molecule has 0 spiro atoms. The summed E-state index contributed by atoms with van der Waals surface area (Å²) in [6, 6.07) is 12.5. The molecule has 1 aromatic carbocycles. The van der Waals surface area contributed by atoms with E-state index in [1.807, 2.05) is 45.2 Å². The number of rotatable bonds is 8. The summed E-state index contributed by atoms with van der Waals surface area (Å²) in [6.45, 7) is 11.5. The van der Waals surface area contributed by atoms with Gasteiger partial charge in [0.1, 0.15) is 17.8 Å². The summed E-state index contributed by atoms with van der Waals surface area (Å²) in [7, 11) is 0. The monoisotopic (exact) mass is 569 g/mol. The van der Waals surface area contributed by atoms with E-state index in [9.17, 15) is 4.79 Å². The van der Waals surface area contributed by atoms with E-state index >= 15 is 0 Å². The molecule has 10 nitrogen and oxygen atoms in total. The number of aromatic amines is 1. The molecule has 1 atom stereocenters. The summed E-state index contributed by atoms with van der Waals surface area (Å²) in [6.07, 6.45) is 6.27. The quantitative estimate of drug-likeness (QED) is 0.300. The molecule has 4 aromatic rings. The largest absolute Gasteiger partial charge is 0.477 e. The third-order valence-electron chi connectivity index (χ3n) is 7.82. The maximum Gasteiger partial charge on any atom is 0.410 e. The second kappa shape index (κ2) is 11.7. The first kappa shape index (κ1) is 28.1. The molecule has 1 N–H and O–H groups in total. The zero-order valence-electron chi connectivity index (χ0n) is 24.8. The highest BCUT2D eigenvalue weighted by Crippen LogP contribution is 2.30. The Morgan fingerprint density at radius 2 is 1.86 bits per heavy atom. The maximum atomic E-state index is 12.5. The number of benzene rings is 1. The predicted octanol–water partition coefficient (Wildman–Crippen LogP) is 5.41. The van der Waals surface area contributed by atoms with Gasteiger partial charge in [-0.1, -0.05) is 6.07 Å². The second-order valence-electron chi connectivity index (χ2n) is 12.3. The first-order valence-corrected chi connectivity index (χ1v) is 14.8. The molecule has 1 aliphatic carbocycles. The lowest BCUT2D eigenvalue weighted by atomic mass is 10.1. The third-order valence-corrected chi connectivity index (χ3v) is 7.82. The molecule has 10 heteroatoms. The van der Waals surface area contributed by atoms with E-state index < -0.39 is 5.60 Å². The number of carbonyl (C=O) groups is 1. The van der Waals surface area contributed by atoms with Crippen LogP contribution in [0.2, 0.25) is 0 Å². The highest BCUT2D eigenvalue weighted by Gasteiger charge is 2.28. The van der Waals surface area contributed by atoms with Gasteiger partial charge in [0.2, 0.25) is 5.88 Å². The van der Waals surface area contributed by atoms with Crippen LogP contribution in [0.4, 0.5) is 4.79 Å². The number of ether oxygens (including phenoxy) is 2. The van der Waals surface area contributed by atoms with Gasteiger partial charge in [0.25, 0.3) is 0 Å². The van der Waals surface area contributed by atoms with Crippen molar-refractivity contribution in [1.29, 1.82) is 0 Å². The zero-order valence-corrected chi connectivity index (χ0v) is 24.8. The van der Waals surface area contributed by atoms with E-state index in [2.05, 4.69) is 50.0 Å². The van der Waals surface area contributed by atoms with Gasteiger partial charge in [-0.2, -0.15) is 0 Å². The first-order valence-electron chi connectivity index (χ1n) is 14.8. The fraction of sp³-hybridized carbons (Fsp3) is 0.469. The predicted molar refractivity (Wildman–Crippen MR) is 160 cm³/mol. The lowest BCUT2D eigenvalue weighted by Gasteiger charge is -2.38. The van der Waals surface area contributed by atoms with Crippen LogP contribution in [-0.4, -0.2) is 79.2 Å². The molecular weight excluding hydrogens is 530 g/mol. The maximum absolute atomic E-state index is 12.5. The SMILES string of the molecule is CC(c1ccnc(Cc2nc3ccc(-c4cc(OCC5CC5)ncn4)cc3[nH]2)c1)N1CCN(C(=O)OC(C)(C)C)CC1. The molecule has 1 saturated carbocycles. The zero-order chi connectivity index (χ0) is 29.3. The van der Waals surface area contributed by atoms with E-state index in [-0.39, 0.29) is 12.1 Å². The molecule has 1 unspecified atom stereocenters. The van der Waals surface area contributed by atoms with E-state index in [4.69, 9.17) is 14.5 Å². The molecule has 4 heterocycles. The number of carbonyl (C=O) groups excluding carboxylic acids is 1. The van der Waals surface area contributed by atoms with Crippen LogP contribution in [0.25, 0.3) is 22.3 Å². The Morgan fingerprint density at radius 1 is 1.05 bits per heavy atom. The molecule has 1 saturated heterocycles. The van der Waals surface area contributed by atoms with E-state index in [0.717, 1.165) is 53.5 Å². The van der Waals surface area contributed by atoms with Crippen LogP contribution in [0, 0.1) is 5.92 Å². The Balaban J connectivity index is 1.09. The fourth-order valence-corrected chi connectivity index (χ4v) is 5.22. The number of pyridine rings is 1. The van der Waals surface area contributed by atoms with Gasteiger partial charge >= 0.3 is 6.09 Å². The van der Waals surface area contributed by atoms with Crippen molar-refractivity contribution in [2.75, 3.05) is 32.8 Å². The summed E-state index contributed by atoms with van der Waals surface area (Å²) in [5, 5.41) is 0. The van der Waals surface area contributed by atoms with Crippen molar-refractivity contribution in [1.82, 2.24) is 34.7 Å². The van der Waals surface area contributed by atoms with Crippen LogP contribution in [-0.2, 0) is 11.2 Å². The number of nitrogens with zero attached hydrogens (tertiary/aromatic N) is 6. The summed E-state index contributed by atoms with van der Waals surface area (Å²) >= 11 is 0. The van der Waals surface area contributed by atoms with Crippen molar-refractivity contribution in [3.8, 4) is 17.1 Å². The summed E-state index contributed by atoms with van der Waals surface area (Å²) in [5.74, 6) is 2.15. The minimum atomic E-state index is -0.484. The molecule has 42 heavy (non-hydrogen) atoms. The molecule has 3 aromatic heterocycles. The molecule has 220 valence electrons. The number of fused-ring (bicyclic) bond motifs is 1. The number of piperazine rings is 1.